The van der Waals surface area contributed by atoms with Gasteiger partial charge in [-0.1, -0.05) is 51.0 Å². The Morgan fingerprint density at radius 3 is 1.98 bits per heavy atom. The maximum Gasteiger partial charge on any atom is 0.432 e. The van der Waals surface area contributed by atoms with Gasteiger partial charge in [-0.15, -0.1) is 0 Å². The first-order chi connectivity index (χ1) is 23.5. The van der Waals surface area contributed by atoms with Crippen molar-refractivity contribution < 1.29 is 52.2 Å². The summed E-state index contributed by atoms with van der Waals surface area (Å²) in [7, 11) is -12.4. The molecular formula is C33H38F6N2O6S3Si. The number of rotatable bonds is 14. The fourth-order valence-electron chi connectivity index (χ4n) is 5.26. The number of hydrogen-bond acceptors (Lipinski definition) is 6. The zero-order chi connectivity index (χ0) is 38.5. The van der Waals surface area contributed by atoms with E-state index in [4.69, 9.17) is 4.43 Å². The van der Waals surface area contributed by atoms with Crippen LogP contribution in [0.1, 0.15) is 38.3 Å². The van der Waals surface area contributed by atoms with Gasteiger partial charge in [0.05, 0.1) is 23.3 Å². The molecule has 18 heteroatoms. The van der Waals surface area contributed by atoms with E-state index in [1.807, 2.05) is 0 Å². The summed E-state index contributed by atoms with van der Waals surface area (Å²) in [6.07, 6.45) is -9.82. The van der Waals surface area contributed by atoms with Crippen molar-refractivity contribution >= 4 is 50.9 Å². The molecule has 0 spiro atoms. The van der Waals surface area contributed by atoms with Gasteiger partial charge in [0.25, 0.3) is 10.0 Å². The predicted octanol–water partition coefficient (Wildman–Crippen LogP) is 7.77. The summed E-state index contributed by atoms with van der Waals surface area (Å²) < 4.78 is 161. The average molecular weight is 797 g/mol. The SMILES string of the molecule is CC[Si](CC)(CC)OC(C#Cc1ccc([S+](C)[O-])cc1)(c1ccccc1N(CCC(F)(F)F)S(=O)(=O)c1cccc(NS(C)(=O)=O)c1)C(F)(F)F. The molecule has 2 unspecified atom stereocenters. The first kappa shape index (κ1) is 42.2. The van der Waals surface area contributed by atoms with Gasteiger partial charge < -0.3 is 8.98 Å². The predicted molar refractivity (Wildman–Crippen MR) is 188 cm³/mol. The molecule has 51 heavy (non-hydrogen) atoms. The van der Waals surface area contributed by atoms with Gasteiger partial charge in [0.15, 0.2) is 13.2 Å². The highest BCUT2D eigenvalue weighted by Gasteiger charge is 2.61. The first-order valence-corrected chi connectivity index (χ1v) is 23.0. The average Bonchev–Trinajstić information content (AvgIpc) is 3.04. The Morgan fingerprint density at radius 1 is 0.882 bits per heavy atom. The Balaban J connectivity index is 2.45. The number of anilines is 2. The van der Waals surface area contributed by atoms with Crippen LogP contribution >= 0.6 is 0 Å². The van der Waals surface area contributed by atoms with Crippen molar-refractivity contribution in [3.05, 3.63) is 83.9 Å². The number of sulfonamides is 2. The second kappa shape index (κ2) is 16.2. The van der Waals surface area contributed by atoms with Gasteiger partial charge in [0, 0.05) is 23.4 Å². The molecule has 280 valence electrons. The minimum atomic E-state index is -5.36. The van der Waals surface area contributed by atoms with Gasteiger partial charge in [-0.05, 0) is 83.8 Å². The Kier molecular flexibility index (Phi) is 13.4. The van der Waals surface area contributed by atoms with Crippen molar-refractivity contribution in [1.29, 1.82) is 0 Å². The summed E-state index contributed by atoms with van der Waals surface area (Å²) in [4.78, 5) is -0.301. The molecule has 0 aliphatic heterocycles. The molecular weight excluding hydrogens is 759 g/mol. The molecule has 0 aromatic heterocycles. The highest BCUT2D eigenvalue weighted by molar-refractivity contribution is 7.93. The zero-order valence-corrected chi connectivity index (χ0v) is 31.8. The van der Waals surface area contributed by atoms with E-state index < -0.39 is 86.6 Å². The van der Waals surface area contributed by atoms with Crippen LogP contribution in [0.2, 0.25) is 18.1 Å². The zero-order valence-electron chi connectivity index (χ0n) is 28.4. The number of para-hydroxylation sites is 1. The van der Waals surface area contributed by atoms with Gasteiger partial charge in [-0.3, -0.25) is 9.03 Å². The molecule has 8 nitrogen and oxygen atoms in total. The van der Waals surface area contributed by atoms with E-state index in [-0.39, 0.29) is 33.7 Å². The van der Waals surface area contributed by atoms with Gasteiger partial charge >= 0.3 is 12.4 Å². The molecule has 3 rings (SSSR count). The second-order valence-electron chi connectivity index (χ2n) is 11.6. The van der Waals surface area contributed by atoms with Crippen LogP contribution in [0.3, 0.4) is 0 Å². The fourth-order valence-corrected chi connectivity index (χ4v) is 10.7. The Morgan fingerprint density at radius 2 is 1.47 bits per heavy atom. The lowest BCUT2D eigenvalue weighted by molar-refractivity contribution is -0.233. The van der Waals surface area contributed by atoms with Crippen LogP contribution in [0.5, 0.6) is 0 Å². The summed E-state index contributed by atoms with van der Waals surface area (Å²) in [6, 6.07) is 14.6. The van der Waals surface area contributed by atoms with Crippen LogP contribution in [0, 0.1) is 11.8 Å². The van der Waals surface area contributed by atoms with Crippen LogP contribution in [0.25, 0.3) is 0 Å². The third kappa shape index (κ3) is 10.4. The van der Waals surface area contributed by atoms with Gasteiger partial charge in [0.1, 0.15) is 6.26 Å². The van der Waals surface area contributed by atoms with Crippen molar-refractivity contribution in [2.45, 2.75) is 73.1 Å². The van der Waals surface area contributed by atoms with Crippen LogP contribution in [-0.4, -0.2) is 61.1 Å². The number of nitrogens with zero attached hydrogens (tertiary/aromatic N) is 1. The van der Waals surface area contributed by atoms with Crippen LogP contribution in [0.4, 0.5) is 37.7 Å². The molecule has 0 fully saturated rings. The van der Waals surface area contributed by atoms with Crippen molar-refractivity contribution in [2.75, 3.05) is 28.1 Å². The van der Waals surface area contributed by atoms with Crippen molar-refractivity contribution in [1.82, 2.24) is 0 Å². The normalized spacial score (nSPS) is 14.6. The van der Waals surface area contributed by atoms with Crippen LogP contribution in [0.15, 0.2) is 82.6 Å². The van der Waals surface area contributed by atoms with E-state index in [1.165, 1.54) is 48.7 Å². The van der Waals surface area contributed by atoms with E-state index >= 15 is 13.2 Å². The molecule has 0 heterocycles. The summed E-state index contributed by atoms with van der Waals surface area (Å²) in [5, 5.41) is 0. The van der Waals surface area contributed by atoms with Gasteiger partial charge in [-0.2, -0.15) is 26.3 Å². The van der Waals surface area contributed by atoms with Crippen molar-refractivity contribution in [3.63, 3.8) is 0 Å². The van der Waals surface area contributed by atoms with Crippen LogP contribution < -0.4 is 9.03 Å². The smallest absolute Gasteiger partial charge is 0.432 e. The molecule has 3 aromatic rings. The van der Waals surface area contributed by atoms with Gasteiger partial charge in [0.2, 0.25) is 15.6 Å². The molecule has 1 N–H and O–H groups in total. The van der Waals surface area contributed by atoms with Crippen LogP contribution in [-0.2, 0) is 41.2 Å². The lowest BCUT2D eigenvalue weighted by Gasteiger charge is -2.42. The topological polar surface area (TPSA) is 116 Å². The highest BCUT2D eigenvalue weighted by Crippen LogP contribution is 2.49. The quantitative estimate of drug-likeness (QED) is 0.0772. The molecule has 3 aromatic carbocycles. The number of benzene rings is 3. The van der Waals surface area contributed by atoms with Crippen molar-refractivity contribution in [3.8, 4) is 11.8 Å². The number of nitrogens with one attached hydrogen (secondary N) is 1. The summed E-state index contributed by atoms with van der Waals surface area (Å²) >= 11 is -1.39. The molecule has 0 amide bonds. The summed E-state index contributed by atoms with van der Waals surface area (Å²) in [6.45, 7) is 3.67. The van der Waals surface area contributed by atoms with E-state index in [9.17, 15) is 34.6 Å². The second-order valence-corrected chi connectivity index (χ2v) is 21.3. The minimum absolute atomic E-state index is 0.0763. The maximum atomic E-state index is 15.9. The molecule has 0 radical (unpaired) electrons. The Labute approximate surface area is 299 Å². The van der Waals surface area contributed by atoms with E-state index in [2.05, 4.69) is 16.6 Å². The number of halogens is 6. The monoisotopic (exact) mass is 796 g/mol. The largest absolute Gasteiger partial charge is 0.612 e. The van der Waals surface area contributed by atoms with E-state index in [1.54, 1.807) is 20.8 Å². The van der Waals surface area contributed by atoms with E-state index in [0.29, 0.717) is 4.90 Å². The summed E-state index contributed by atoms with van der Waals surface area (Å²) in [5.41, 5.74) is -5.32. The van der Waals surface area contributed by atoms with Crippen molar-refractivity contribution in [2.24, 2.45) is 0 Å². The molecule has 0 saturated heterocycles. The number of hydrogen-bond donors (Lipinski definition) is 1. The molecule has 2 atom stereocenters. The molecule has 0 saturated carbocycles. The third-order valence-corrected chi connectivity index (χ3v) is 16.1. The number of alkyl halides is 6. The lowest BCUT2D eigenvalue weighted by atomic mass is 9.91. The standard InChI is InChI=1S/C33H38F6N2O6S3Si/c1-6-51(7-2,8-3)47-31(33(37,38)39,21-20-25-16-18-27(19-17-25)48(4)42)29-14-9-10-15-30(29)41(23-22-32(34,35)36)50(45,46)28-13-11-12-26(24-28)40-49(5,43)44/h9-19,24,40H,6-8,22-23H2,1-5H3. The Bertz CT molecular complexity index is 1940. The lowest BCUT2D eigenvalue weighted by Crippen LogP contribution is -2.53. The maximum absolute atomic E-state index is 15.9. The summed E-state index contributed by atoms with van der Waals surface area (Å²) in [5.74, 6) is 4.74. The first-order valence-electron chi connectivity index (χ1n) is 15.5. The fraction of sp³-hybridized carbons (Fsp3) is 0.394. The van der Waals surface area contributed by atoms with E-state index in [0.717, 1.165) is 36.6 Å². The van der Waals surface area contributed by atoms with Gasteiger partial charge in [-0.25, -0.2) is 16.8 Å². The third-order valence-electron chi connectivity index (χ3n) is 8.15. The highest BCUT2D eigenvalue weighted by atomic mass is 32.2. The molecule has 0 aliphatic rings. The molecule has 0 bridgehead atoms. The Hall–Kier alpha value is -3.21. The molecule has 0 aliphatic carbocycles. The minimum Gasteiger partial charge on any atom is -0.612 e.